The van der Waals surface area contributed by atoms with E-state index >= 15 is 0 Å². The van der Waals surface area contributed by atoms with Gasteiger partial charge in [-0.05, 0) is 42.0 Å². The molecule has 0 fully saturated rings. The predicted octanol–water partition coefficient (Wildman–Crippen LogP) is 7.41. The van der Waals surface area contributed by atoms with Crippen LogP contribution in [0.3, 0.4) is 0 Å². The van der Waals surface area contributed by atoms with Crippen molar-refractivity contribution in [2.45, 2.75) is 44.6 Å². The summed E-state index contributed by atoms with van der Waals surface area (Å²) in [5.41, 5.74) is 6.71. The first kappa shape index (κ1) is 28.2. The molecular formula is C38H35NO4. The van der Waals surface area contributed by atoms with Crippen LogP contribution in [0.2, 0.25) is 0 Å². The first-order valence-electron chi connectivity index (χ1n) is 14.8. The SMILES string of the molecule is CC1=C(C(=O)OCCc2ccccc2)C(c2ccccc2OCc2ccccc2)C2=C(CC(c3ccccc3)CC2=O)N1. The predicted molar refractivity (Wildman–Crippen MR) is 167 cm³/mol. The maximum absolute atomic E-state index is 14.0. The number of hydrogen-bond acceptors (Lipinski definition) is 5. The number of rotatable bonds is 9. The smallest absolute Gasteiger partial charge is 0.336 e. The minimum atomic E-state index is -0.600. The molecule has 0 amide bonds. The molecule has 0 radical (unpaired) electrons. The van der Waals surface area contributed by atoms with Gasteiger partial charge in [-0.25, -0.2) is 4.79 Å². The van der Waals surface area contributed by atoms with Gasteiger partial charge in [0.1, 0.15) is 12.4 Å². The quantitative estimate of drug-likeness (QED) is 0.213. The summed E-state index contributed by atoms with van der Waals surface area (Å²) in [5.74, 6) is -0.277. The van der Waals surface area contributed by atoms with Crippen molar-refractivity contribution in [2.24, 2.45) is 0 Å². The number of Topliss-reactive ketones (excluding diaryl/α,β-unsaturated/α-hetero) is 1. The molecule has 4 aromatic rings. The summed E-state index contributed by atoms with van der Waals surface area (Å²) < 4.78 is 12.2. The van der Waals surface area contributed by atoms with Crippen LogP contribution in [0.1, 0.15) is 53.9 Å². The molecule has 1 aliphatic heterocycles. The van der Waals surface area contributed by atoms with Crippen molar-refractivity contribution >= 4 is 11.8 Å². The molecule has 2 atom stereocenters. The minimum Gasteiger partial charge on any atom is -0.489 e. The molecule has 6 rings (SSSR count). The van der Waals surface area contributed by atoms with E-state index in [2.05, 4.69) is 17.4 Å². The van der Waals surface area contributed by atoms with Gasteiger partial charge in [0.2, 0.25) is 0 Å². The number of esters is 1. The first-order chi connectivity index (χ1) is 21.1. The largest absolute Gasteiger partial charge is 0.489 e. The van der Waals surface area contributed by atoms with Crippen molar-refractivity contribution in [2.75, 3.05) is 6.61 Å². The molecule has 5 heteroatoms. The Labute approximate surface area is 252 Å². The zero-order valence-corrected chi connectivity index (χ0v) is 24.3. The number of benzene rings is 4. The highest BCUT2D eigenvalue weighted by molar-refractivity contribution is 6.04. The van der Waals surface area contributed by atoms with E-state index in [4.69, 9.17) is 9.47 Å². The van der Waals surface area contributed by atoms with Crippen LogP contribution in [0, 0.1) is 0 Å². The van der Waals surface area contributed by atoms with Crippen LogP contribution in [-0.4, -0.2) is 18.4 Å². The molecule has 2 aliphatic rings. The Morgan fingerprint density at radius 1 is 0.791 bits per heavy atom. The lowest BCUT2D eigenvalue weighted by molar-refractivity contribution is -0.139. The summed E-state index contributed by atoms with van der Waals surface area (Å²) in [7, 11) is 0. The summed E-state index contributed by atoms with van der Waals surface area (Å²) in [6.07, 6.45) is 1.67. The Bertz CT molecular complexity index is 1660. The van der Waals surface area contributed by atoms with Crippen molar-refractivity contribution in [3.63, 3.8) is 0 Å². The summed E-state index contributed by atoms with van der Waals surface area (Å²) in [4.78, 5) is 27.9. The molecule has 5 nitrogen and oxygen atoms in total. The molecule has 1 heterocycles. The highest BCUT2D eigenvalue weighted by Crippen LogP contribution is 2.47. The van der Waals surface area contributed by atoms with E-state index in [0.29, 0.717) is 48.5 Å². The summed E-state index contributed by atoms with van der Waals surface area (Å²) in [5, 5.41) is 3.46. The number of ether oxygens (including phenoxy) is 2. The number of hydrogen-bond donors (Lipinski definition) is 1. The lowest BCUT2D eigenvalue weighted by Gasteiger charge is -2.37. The van der Waals surface area contributed by atoms with Crippen molar-refractivity contribution in [3.8, 4) is 5.75 Å². The van der Waals surface area contributed by atoms with E-state index in [0.717, 1.165) is 28.0 Å². The number of carbonyl (C=O) groups excluding carboxylic acids is 2. The van der Waals surface area contributed by atoms with Crippen LogP contribution < -0.4 is 10.1 Å². The van der Waals surface area contributed by atoms with Crippen molar-refractivity contribution in [1.82, 2.24) is 5.32 Å². The van der Waals surface area contributed by atoms with Gasteiger partial charge in [-0.3, -0.25) is 4.79 Å². The third-order valence-corrected chi connectivity index (χ3v) is 8.25. The average Bonchev–Trinajstić information content (AvgIpc) is 3.04. The Morgan fingerprint density at radius 2 is 1.42 bits per heavy atom. The van der Waals surface area contributed by atoms with Gasteiger partial charge >= 0.3 is 5.97 Å². The number of dihydropyridines is 1. The van der Waals surface area contributed by atoms with Gasteiger partial charge in [-0.15, -0.1) is 0 Å². The summed E-state index contributed by atoms with van der Waals surface area (Å²) >= 11 is 0. The Morgan fingerprint density at radius 3 is 2.14 bits per heavy atom. The number of ketones is 1. The van der Waals surface area contributed by atoms with E-state index in [1.807, 2.05) is 110 Å². The second-order valence-electron chi connectivity index (χ2n) is 11.1. The second-order valence-corrected chi connectivity index (χ2v) is 11.1. The van der Waals surface area contributed by atoms with Crippen molar-refractivity contribution in [3.05, 3.63) is 160 Å². The van der Waals surface area contributed by atoms with Crippen molar-refractivity contribution < 1.29 is 19.1 Å². The van der Waals surface area contributed by atoms with Crippen LogP contribution in [0.15, 0.2) is 138 Å². The van der Waals surface area contributed by atoms with Gasteiger partial charge in [0, 0.05) is 35.4 Å². The van der Waals surface area contributed by atoms with Crippen LogP contribution >= 0.6 is 0 Å². The lowest BCUT2D eigenvalue weighted by Crippen LogP contribution is -2.36. The third-order valence-electron chi connectivity index (χ3n) is 8.25. The van der Waals surface area contributed by atoms with Crippen LogP contribution in [-0.2, 0) is 27.4 Å². The van der Waals surface area contributed by atoms with Gasteiger partial charge in [-0.1, -0.05) is 109 Å². The Hall–Kier alpha value is -4.90. The maximum Gasteiger partial charge on any atom is 0.336 e. The lowest BCUT2D eigenvalue weighted by atomic mass is 9.71. The van der Waals surface area contributed by atoms with Crippen LogP contribution in [0.5, 0.6) is 5.75 Å². The zero-order chi connectivity index (χ0) is 29.6. The molecule has 0 saturated carbocycles. The third kappa shape index (κ3) is 6.31. The molecule has 1 N–H and O–H groups in total. The molecule has 0 bridgehead atoms. The first-order valence-corrected chi connectivity index (χ1v) is 14.8. The highest BCUT2D eigenvalue weighted by Gasteiger charge is 2.42. The molecule has 2 unspecified atom stereocenters. The Balaban J connectivity index is 1.35. The van der Waals surface area contributed by atoms with Gasteiger partial charge < -0.3 is 14.8 Å². The van der Waals surface area contributed by atoms with E-state index < -0.39 is 11.9 Å². The van der Waals surface area contributed by atoms with Gasteiger partial charge in [-0.2, -0.15) is 0 Å². The molecule has 1 aliphatic carbocycles. The van der Waals surface area contributed by atoms with Gasteiger partial charge in [0.15, 0.2) is 5.78 Å². The molecule has 4 aromatic carbocycles. The minimum absolute atomic E-state index is 0.0348. The van der Waals surface area contributed by atoms with E-state index in [1.165, 1.54) is 0 Å². The fourth-order valence-corrected chi connectivity index (χ4v) is 6.15. The summed E-state index contributed by atoms with van der Waals surface area (Å²) in [6, 6.07) is 37.8. The Kier molecular flexibility index (Phi) is 8.50. The van der Waals surface area contributed by atoms with Gasteiger partial charge in [0.05, 0.1) is 18.1 Å². The van der Waals surface area contributed by atoms with Gasteiger partial charge in [0.25, 0.3) is 0 Å². The average molecular weight is 570 g/mol. The number of para-hydroxylation sites is 1. The van der Waals surface area contributed by atoms with Crippen LogP contribution in [0.4, 0.5) is 0 Å². The van der Waals surface area contributed by atoms with E-state index in [1.54, 1.807) is 0 Å². The van der Waals surface area contributed by atoms with E-state index in [9.17, 15) is 9.59 Å². The fraction of sp³-hybridized carbons (Fsp3) is 0.211. The number of carbonyl (C=O) groups is 2. The monoisotopic (exact) mass is 569 g/mol. The maximum atomic E-state index is 14.0. The standard InChI is InChI=1S/C38H35NO4/c1-26-35(38(41)42-22-21-27-13-5-2-6-14-27)36(31-19-11-12-20-34(31)43-25-28-15-7-3-8-16-28)37-32(39-26)23-30(24-33(37)40)29-17-9-4-10-18-29/h2-20,30,36,39H,21-25H2,1H3. The molecule has 216 valence electrons. The number of nitrogens with one attached hydrogen (secondary N) is 1. The van der Waals surface area contributed by atoms with Crippen molar-refractivity contribution in [1.29, 1.82) is 0 Å². The molecule has 0 spiro atoms. The molecular weight excluding hydrogens is 534 g/mol. The fourth-order valence-electron chi connectivity index (χ4n) is 6.15. The number of allylic oxidation sites excluding steroid dienone is 3. The second kappa shape index (κ2) is 13.0. The van der Waals surface area contributed by atoms with Crippen LogP contribution in [0.25, 0.3) is 0 Å². The highest BCUT2D eigenvalue weighted by atomic mass is 16.5. The van der Waals surface area contributed by atoms with E-state index in [-0.39, 0.29) is 18.3 Å². The molecule has 0 aromatic heterocycles. The zero-order valence-electron chi connectivity index (χ0n) is 24.3. The molecule has 0 saturated heterocycles. The normalized spacial score (nSPS) is 18.1. The summed E-state index contributed by atoms with van der Waals surface area (Å²) in [6.45, 7) is 2.52. The topological polar surface area (TPSA) is 64.6 Å². The molecule has 43 heavy (non-hydrogen) atoms.